The molecule has 0 aromatic heterocycles. The van der Waals surface area contributed by atoms with E-state index in [-0.39, 0.29) is 19.5 Å². The number of carbonyl (C=O) groups excluding carboxylic acids is 2. The van der Waals surface area contributed by atoms with Crippen molar-refractivity contribution in [3.8, 4) is 6.07 Å². The third-order valence-electron chi connectivity index (χ3n) is 1.69. The zero-order valence-electron chi connectivity index (χ0n) is 10.6. The van der Waals surface area contributed by atoms with Crippen LogP contribution in [0.25, 0.3) is 0 Å². The number of nitrogens with zero attached hydrogens (tertiary/aromatic N) is 2. The van der Waals surface area contributed by atoms with Crippen molar-refractivity contribution in [3.63, 3.8) is 0 Å². The molecule has 6 heteroatoms. The molecule has 0 aromatic carbocycles. The van der Waals surface area contributed by atoms with Crippen LogP contribution in [0.5, 0.6) is 0 Å². The van der Waals surface area contributed by atoms with Gasteiger partial charge in [-0.25, -0.2) is 4.79 Å². The first kappa shape index (κ1) is 15.2. The minimum atomic E-state index is -0.641. The van der Waals surface area contributed by atoms with E-state index in [2.05, 4.69) is 4.74 Å². The van der Waals surface area contributed by atoms with Crippen molar-refractivity contribution in [2.24, 2.45) is 0 Å². The first-order chi connectivity index (χ1) is 7.80. The SMILES string of the molecule is COC(=O)CN(CCC#N)C(=O)OC(C)(C)C. The van der Waals surface area contributed by atoms with Crippen molar-refractivity contribution in [2.45, 2.75) is 32.8 Å². The maximum Gasteiger partial charge on any atom is 0.410 e. The molecule has 0 aromatic rings. The fourth-order valence-corrected chi connectivity index (χ4v) is 0.967. The van der Waals surface area contributed by atoms with Crippen LogP contribution in [0.4, 0.5) is 4.79 Å². The Morgan fingerprint density at radius 2 is 1.94 bits per heavy atom. The van der Waals surface area contributed by atoms with Crippen molar-refractivity contribution >= 4 is 12.1 Å². The zero-order valence-corrected chi connectivity index (χ0v) is 10.6. The Bertz CT molecular complexity index is 314. The van der Waals surface area contributed by atoms with Gasteiger partial charge < -0.3 is 9.47 Å². The lowest BCUT2D eigenvalue weighted by Crippen LogP contribution is -2.40. The molecule has 0 aliphatic rings. The summed E-state index contributed by atoms with van der Waals surface area (Å²) in [6, 6.07) is 1.91. The van der Waals surface area contributed by atoms with E-state index in [1.54, 1.807) is 20.8 Å². The minimum Gasteiger partial charge on any atom is -0.468 e. The van der Waals surface area contributed by atoms with Crippen molar-refractivity contribution in [2.75, 3.05) is 20.2 Å². The highest BCUT2D eigenvalue weighted by Crippen LogP contribution is 2.10. The van der Waals surface area contributed by atoms with Crippen LogP contribution >= 0.6 is 0 Å². The molecule has 0 aliphatic heterocycles. The molecule has 17 heavy (non-hydrogen) atoms. The van der Waals surface area contributed by atoms with Gasteiger partial charge in [-0.2, -0.15) is 5.26 Å². The number of carbonyl (C=O) groups is 2. The van der Waals surface area contributed by atoms with Gasteiger partial charge in [-0.1, -0.05) is 0 Å². The van der Waals surface area contributed by atoms with Gasteiger partial charge in [0.1, 0.15) is 12.1 Å². The van der Waals surface area contributed by atoms with Gasteiger partial charge in [0, 0.05) is 6.54 Å². The van der Waals surface area contributed by atoms with Crippen molar-refractivity contribution in [1.29, 1.82) is 5.26 Å². The van der Waals surface area contributed by atoms with E-state index in [1.807, 2.05) is 6.07 Å². The van der Waals surface area contributed by atoms with Crippen molar-refractivity contribution < 1.29 is 19.1 Å². The molecule has 0 atom stereocenters. The highest BCUT2D eigenvalue weighted by Gasteiger charge is 2.23. The molecule has 0 saturated heterocycles. The Labute approximate surface area is 101 Å². The molecule has 96 valence electrons. The van der Waals surface area contributed by atoms with Crippen molar-refractivity contribution in [1.82, 2.24) is 4.90 Å². The standard InChI is InChI=1S/C11H18N2O4/c1-11(2,3)17-10(15)13(7-5-6-12)8-9(14)16-4/h5,7-8H2,1-4H3. The van der Waals surface area contributed by atoms with Gasteiger partial charge in [-0.3, -0.25) is 9.69 Å². The van der Waals surface area contributed by atoms with E-state index in [4.69, 9.17) is 10.00 Å². The van der Waals surface area contributed by atoms with E-state index in [1.165, 1.54) is 7.11 Å². The van der Waals surface area contributed by atoms with Gasteiger partial charge in [0.2, 0.25) is 0 Å². The van der Waals surface area contributed by atoms with Crippen LogP contribution in [0.3, 0.4) is 0 Å². The summed E-state index contributed by atoms with van der Waals surface area (Å²) in [6.07, 6.45) is -0.492. The first-order valence-corrected chi connectivity index (χ1v) is 5.22. The van der Waals surface area contributed by atoms with Gasteiger partial charge in [-0.15, -0.1) is 0 Å². The van der Waals surface area contributed by atoms with Gasteiger partial charge in [-0.05, 0) is 20.8 Å². The number of esters is 1. The Morgan fingerprint density at radius 1 is 1.35 bits per heavy atom. The average molecular weight is 242 g/mol. The second-order valence-corrected chi connectivity index (χ2v) is 4.39. The number of hydrogen-bond donors (Lipinski definition) is 0. The summed E-state index contributed by atoms with van der Waals surface area (Å²) in [5.74, 6) is -0.547. The number of methoxy groups -OCH3 is 1. The number of nitriles is 1. The maximum absolute atomic E-state index is 11.7. The third-order valence-corrected chi connectivity index (χ3v) is 1.69. The Hall–Kier alpha value is -1.77. The lowest BCUT2D eigenvalue weighted by molar-refractivity contribution is -0.141. The largest absolute Gasteiger partial charge is 0.468 e. The molecule has 0 N–H and O–H groups in total. The van der Waals surface area contributed by atoms with Crippen LogP contribution in [0.2, 0.25) is 0 Å². The topological polar surface area (TPSA) is 79.6 Å². The van der Waals surface area contributed by atoms with Gasteiger partial charge in [0.15, 0.2) is 0 Å². The fourth-order valence-electron chi connectivity index (χ4n) is 0.967. The van der Waals surface area contributed by atoms with E-state index in [9.17, 15) is 9.59 Å². The van der Waals surface area contributed by atoms with Crippen LogP contribution in [-0.4, -0.2) is 42.8 Å². The summed E-state index contributed by atoms with van der Waals surface area (Å²) in [5, 5.41) is 8.48. The van der Waals surface area contributed by atoms with E-state index < -0.39 is 17.7 Å². The lowest BCUT2D eigenvalue weighted by Gasteiger charge is -2.26. The van der Waals surface area contributed by atoms with Gasteiger partial charge >= 0.3 is 12.1 Å². The van der Waals surface area contributed by atoms with Gasteiger partial charge in [0.25, 0.3) is 0 Å². The maximum atomic E-state index is 11.7. The molecule has 0 fully saturated rings. The molecule has 0 saturated carbocycles. The molecular formula is C11H18N2O4. The van der Waals surface area contributed by atoms with Crippen LogP contribution in [0.15, 0.2) is 0 Å². The smallest absolute Gasteiger partial charge is 0.410 e. The molecule has 0 radical (unpaired) electrons. The molecule has 0 bridgehead atoms. The molecule has 1 amide bonds. The molecule has 0 rings (SSSR count). The fraction of sp³-hybridized carbons (Fsp3) is 0.727. The Kier molecular flexibility index (Phi) is 6.03. The monoisotopic (exact) mass is 242 g/mol. The van der Waals surface area contributed by atoms with Gasteiger partial charge in [0.05, 0.1) is 19.6 Å². The summed E-state index contributed by atoms with van der Waals surface area (Å²) >= 11 is 0. The number of rotatable bonds is 4. The molecule has 0 unspecified atom stereocenters. The highest BCUT2D eigenvalue weighted by atomic mass is 16.6. The third kappa shape index (κ3) is 7.17. The quantitative estimate of drug-likeness (QED) is 0.694. The molecule has 6 nitrogen and oxygen atoms in total. The van der Waals surface area contributed by atoms with Crippen LogP contribution in [0, 0.1) is 11.3 Å². The summed E-state index contributed by atoms with van der Waals surface area (Å²) < 4.78 is 9.58. The molecular weight excluding hydrogens is 224 g/mol. The molecule has 0 heterocycles. The van der Waals surface area contributed by atoms with E-state index in [0.717, 1.165) is 4.90 Å². The summed E-state index contributed by atoms with van der Waals surface area (Å²) in [7, 11) is 1.24. The zero-order chi connectivity index (χ0) is 13.5. The second-order valence-electron chi connectivity index (χ2n) is 4.39. The lowest BCUT2D eigenvalue weighted by atomic mass is 10.2. The van der Waals surface area contributed by atoms with Crippen LogP contribution in [-0.2, 0) is 14.3 Å². The second kappa shape index (κ2) is 6.74. The predicted molar refractivity (Wildman–Crippen MR) is 60.1 cm³/mol. The number of amides is 1. The van der Waals surface area contributed by atoms with E-state index in [0.29, 0.717) is 0 Å². The predicted octanol–water partition coefficient (Wildman–Crippen LogP) is 1.31. The molecule has 0 aliphatic carbocycles. The molecule has 0 spiro atoms. The average Bonchev–Trinajstić information content (AvgIpc) is 2.21. The number of ether oxygens (including phenoxy) is 2. The van der Waals surface area contributed by atoms with Crippen LogP contribution < -0.4 is 0 Å². The number of hydrogen-bond acceptors (Lipinski definition) is 5. The Morgan fingerprint density at radius 3 is 2.35 bits per heavy atom. The van der Waals surface area contributed by atoms with Crippen molar-refractivity contribution in [3.05, 3.63) is 0 Å². The van der Waals surface area contributed by atoms with Crippen LogP contribution in [0.1, 0.15) is 27.2 Å². The summed E-state index contributed by atoms with van der Waals surface area (Å²) in [6.45, 7) is 5.11. The Balaban J connectivity index is 4.51. The highest BCUT2D eigenvalue weighted by molar-refractivity contribution is 5.78. The minimum absolute atomic E-state index is 0.135. The summed E-state index contributed by atoms with van der Waals surface area (Å²) in [5.41, 5.74) is -0.641. The normalized spacial score (nSPS) is 10.3. The first-order valence-electron chi connectivity index (χ1n) is 5.22. The summed E-state index contributed by atoms with van der Waals surface area (Å²) in [4.78, 5) is 24.0. The van der Waals surface area contributed by atoms with E-state index >= 15 is 0 Å².